The summed E-state index contributed by atoms with van der Waals surface area (Å²) in [6.07, 6.45) is 3.79. The summed E-state index contributed by atoms with van der Waals surface area (Å²) < 4.78 is 22.9. The van der Waals surface area contributed by atoms with Crippen molar-refractivity contribution in [1.29, 1.82) is 0 Å². The van der Waals surface area contributed by atoms with E-state index in [0.717, 1.165) is 30.8 Å². The van der Waals surface area contributed by atoms with Crippen LogP contribution in [0.4, 0.5) is 5.82 Å². The number of aromatic nitrogens is 2. The van der Waals surface area contributed by atoms with Crippen LogP contribution in [0.2, 0.25) is 0 Å². The molecule has 10 heteroatoms. The van der Waals surface area contributed by atoms with Crippen LogP contribution in [0.1, 0.15) is 29.6 Å². The number of benzene rings is 2. The third kappa shape index (κ3) is 5.76. The van der Waals surface area contributed by atoms with Crippen molar-refractivity contribution in [2.75, 3.05) is 71.7 Å². The SMILES string of the molecule is COc1cc(C(N)=O)cc(-c2nc(N3CCOCC3)c3cc(OC)c(OCCN4CCCCC4)cc3n2)c1. The van der Waals surface area contributed by atoms with Gasteiger partial charge in [-0.2, -0.15) is 0 Å². The standard InChI is InChI=1S/C28H35N5O5/c1-35-21-15-19(26(29)34)14-20(16-21)27-30-23-18-25(38-13-8-32-6-4-3-5-7-32)24(36-2)17-22(23)28(31-27)33-9-11-37-12-10-33/h14-18H,3-13H2,1-2H3,(H2,29,34). The lowest BCUT2D eigenvalue weighted by molar-refractivity contribution is 0.1000. The van der Waals surface area contributed by atoms with E-state index >= 15 is 0 Å². The number of hydrogen-bond acceptors (Lipinski definition) is 9. The van der Waals surface area contributed by atoms with E-state index < -0.39 is 5.91 Å². The van der Waals surface area contributed by atoms with E-state index in [4.69, 9.17) is 34.6 Å². The largest absolute Gasteiger partial charge is 0.497 e. The average Bonchev–Trinajstić information content (AvgIpc) is 2.96. The van der Waals surface area contributed by atoms with E-state index in [-0.39, 0.29) is 0 Å². The number of amides is 1. The number of ether oxygens (including phenoxy) is 4. The fourth-order valence-corrected chi connectivity index (χ4v) is 4.99. The van der Waals surface area contributed by atoms with Crippen LogP contribution in [0.3, 0.4) is 0 Å². The molecule has 3 heterocycles. The molecule has 2 fully saturated rings. The normalized spacial score (nSPS) is 16.4. The third-order valence-electron chi connectivity index (χ3n) is 7.07. The summed E-state index contributed by atoms with van der Waals surface area (Å²) in [5, 5.41) is 0.855. The Kier molecular flexibility index (Phi) is 8.09. The number of carbonyl (C=O) groups excluding carboxylic acids is 1. The summed E-state index contributed by atoms with van der Waals surface area (Å²) in [7, 11) is 3.19. The molecule has 0 aliphatic carbocycles. The van der Waals surface area contributed by atoms with Gasteiger partial charge >= 0.3 is 0 Å². The number of primary amides is 1. The summed E-state index contributed by atoms with van der Waals surface area (Å²) >= 11 is 0. The summed E-state index contributed by atoms with van der Waals surface area (Å²) in [5.74, 6) is 2.47. The van der Waals surface area contributed by atoms with Gasteiger partial charge in [0.15, 0.2) is 17.3 Å². The number of methoxy groups -OCH3 is 2. The minimum Gasteiger partial charge on any atom is -0.497 e. The molecule has 2 aromatic carbocycles. The van der Waals surface area contributed by atoms with Crippen LogP contribution >= 0.6 is 0 Å². The van der Waals surface area contributed by atoms with Gasteiger partial charge in [0, 0.05) is 42.2 Å². The van der Waals surface area contributed by atoms with Crippen molar-refractivity contribution in [3.63, 3.8) is 0 Å². The highest BCUT2D eigenvalue weighted by atomic mass is 16.5. The Bertz CT molecular complexity index is 1290. The van der Waals surface area contributed by atoms with Gasteiger partial charge in [-0.25, -0.2) is 9.97 Å². The molecule has 38 heavy (non-hydrogen) atoms. The number of carbonyl (C=O) groups is 1. The Morgan fingerprint density at radius 1 is 0.947 bits per heavy atom. The number of morpholine rings is 1. The van der Waals surface area contributed by atoms with Crippen molar-refractivity contribution in [1.82, 2.24) is 14.9 Å². The molecule has 2 aliphatic rings. The van der Waals surface area contributed by atoms with Gasteiger partial charge < -0.3 is 29.6 Å². The molecule has 2 saturated heterocycles. The minimum atomic E-state index is -0.548. The smallest absolute Gasteiger partial charge is 0.248 e. The average molecular weight is 522 g/mol. The highest BCUT2D eigenvalue weighted by molar-refractivity contribution is 5.96. The van der Waals surface area contributed by atoms with Crippen molar-refractivity contribution < 1.29 is 23.7 Å². The summed E-state index contributed by atoms with van der Waals surface area (Å²) in [6.45, 7) is 6.29. The second-order valence-corrected chi connectivity index (χ2v) is 9.56. The monoisotopic (exact) mass is 521 g/mol. The first kappa shape index (κ1) is 26.0. The van der Waals surface area contributed by atoms with Crippen LogP contribution in [-0.2, 0) is 4.74 Å². The molecule has 202 valence electrons. The molecule has 5 rings (SSSR count). The number of rotatable bonds is 9. The Hall–Kier alpha value is -3.63. The lowest BCUT2D eigenvalue weighted by Crippen LogP contribution is -2.37. The first-order valence-corrected chi connectivity index (χ1v) is 13.1. The molecular weight excluding hydrogens is 486 g/mol. The van der Waals surface area contributed by atoms with E-state index in [1.54, 1.807) is 32.4 Å². The molecule has 2 N–H and O–H groups in total. The van der Waals surface area contributed by atoms with Crippen molar-refractivity contribution in [2.45, 2.75) is 19.3 Å². The van der Waals surface area contributed by atoms with E-state index in [2.05, 4.69) is 9.80 Å². The van der Waals surface area contributed by atoms with Crippen LogP contribution in [0, 0.1) is 0 Å². The molecule has 1 amide bonds. The highest BCUT2D eigenvalue weighted by Crippen LogP contribution is 2.37. The van der Waals surface area contributed by atoms with Crippen molar-refractivity contribution in [3.05, 3.63) is 35.9 Å². The summed E-state index contributed by atoms with van der Waals surface area (Å²) in [4.78, 5) is 26.4. The molecule has 0 bridgehead atoms. The molecule has 10 nitrogen and oxygen atoms in total. The van der Waals surface area contributed by atoms with Gasteiger partial charge in [0.25, 0.3) is 0 Å². The van der Waals surface area contributed by atoms with Gasteiger partial charge in [-0.3, -0.25) is 9.69 Å². The predicted molar refractivity (Wildman–Crippen MR) is 145 cm³/mol. The minimum absolute atomic E-state index is 0.326. The number of hydrogen-bond donors (Lipinski definition) is 1. The molecule has 1 aromatic heterocycles. The Morgan fingerprint density at radius 2 is 1.74 bits per heavy atom. The van der Waals surface area contributed by atoms with Crippen LogP contribution in [0.5, 0.6) is 17.2 Å². The maximum atomic E-state index is 12.0. The van der Waals surface area contributed by atoms with E-state index in [9.17, 15) is 4.79 Å². The third-order valence-corrected chi connectivity index (χ3v) is 7.07. The zero-order chi connectivity index (χ0) is 26.5. The molecule has 0 atom stereocenters. The molecule has 0 radical (unpaired) electrons. The molecule has 0 unspecified atom stereocenters. The molecule has 0 spiro atoms. The molecular formula is C28H35N5O5. The fourth-order valence-electron chi connectivity index (χ4n) is 4.99. The van der Waals surface area contributed by atoms with Gasteiger partial charge in [0.2, 0.25) is 5.91 Å². The van der Waals surface area contributed by atoms with Crippen LogP contribution in [-0.4, -0.2) is 87.5 Å². The number of piperidine rings is 1. The lowest BCUT2D eigenvalue weighted by atomic mass is 10.1. The van der Waals surface area contributed by atoms with Crippen molar-refractivity contribution in [2.24, 2.45) is 5.73 Å². The zero-order valence-electron chi connectivity index (χ0n) is 22.1. The summed E-state index contributed by atoms with van der Waals surface area (Å²) in [6, 6.07) is 8.95. The quantitative estimate of drug-likeness (QED) is 0.454. The molecule has 3 aromatic rings. The van der Waals surface area contributed by atoms with Crippen molar-refractivity contribution in [3.8, 4) is 28.6 Å². The number of anilines is 1. The Labute approximate surface area is 222 Å². The summed E-state index contributed by atoms with van der Waals surface area (Å²) in [5.41, 5.74) is 7.26. The highest BCUT2D eigenvalue weighted by Gasteiger charge is 2.21. The Morgan fingerprint density at radius 3 is 2.45 bits per heavy atom. The van der Waals surface area contributed by atoms with Gasteiger partial charge in [-0.15, -0.1) is 0 Å². The molecule has 0 saturated carbocycles. The number of nitrogens with zero attached hydrogens (tertiary/aromatic N) is 4. The fraction of sp³-hybridized carbons (Fsp3) is 0.464. The van der Waals surface area contributed by atoms with Gasteiger partial charge in [-0.05, 0) is 50.2 Å². The second kappa shape index (κ2) is 11.8. The topological polar surface area (TPSA) is 112 Å². The van der Waals surface area contributed by atoms with E-state index in [1.807, 2.05) is 12.1 Å². The first-order valence-electron chi connectivity index (χ1n) is 13.1. The number of fused-ring (bicyclic) bond motifs is 1. The maximum Gasteiger partial charge on any atom is 0.248 e. The maximum absolute atomic E-state index is 12.0. The van der Waals surface area contributed by atoms with Gasteiger partial charge in [0.05, 0.1) is 33.0 Å². The Balaban J connectivity index is 1.56. The number of likely N-dealkylation sites (tertiary alicyclic amines) is 1. The number of nitrogens with two attached hydrogens (primary N) is 1. The van der Waals surface area contributed by atoms with Crippen LogP contribution in [0.25, 0.3) is 22.3 Å². The predicted octanol–water partition coefficient (Wildman–Crippen LogP) is 3.11. The van der Waals surface area contributed by atoms with Crippen LogP contribution < -0.4 is 24.8 Å². The zero-order valence-corrected chi connectivity index (χ0v) is 22.1. The van der Waals surface area contributed by atoms with E-state index in [0.29, 0.717) is 72.6 Å². The van der Waals surface area contributed by atoms with Crippen LogP contribution in [0.15, 0.2) is 30.3 Å². The van der Waals surface area contributed by atoms with Gasteiger partial charge in [0.1, 0.15) is 18.2 Å². The lowest BCUT2D eigenvalue weighted by Gasteiger charge is -2.29. The second-order valence-electron chi connectivity index (χ2n) is 9.56. The van der Waals surface area contributed by atoms with Gasteiger partial charge in [-0.1, -0.05) is 6.42 Å². The molecule has 2 aliphatic heterocycles. The van der Waals surface area contributed by atoms with Crippen molar-refractivity contribution >= 4 is 22.6 Å². The van der Waals surface area contributed by atoms with E-state index in [1.165, 1.54) is 19.3 Å². The first-order chi connectivity index (χ1) is 18.6.